The number of nitrogens with one attached hydrogen (secondary N) is 1. The zero-order valence-corrected chi connectivity index (χ0v) is 16.5. The fourth-order valence-electron chi connectivity index (χ4n) is 3.49. The van der Waals surface area contributed by atoms with Gasteiger partial charge in [0.2, 0.25) is 18.6 Å². The van der Waals surface area contributed by atoms with Gasteiger partial charge < -0.3 is 24.4 Å². The Morgan fingerprint density at radius 3 is 2.69 bits per heavy atom. The predicted octanol–water partition coefficient (Wildman–Crippen LogP) is 2.87. The lowest BCUT2D eigenvalue weighted by atomic mass is 10.1. The Balaban J connectivity index is 1.34. The monoisotopic (exact) mass is 396 g/mol. The van der Waals surface area contributed by atoms with Gasteiger partial charge >= 0.3 is 0 Å². The van der Waals surface area contributed by atoms with Gasteiger partial charge in [-0.15, -0.1) is 0 Å². The van der Waals surface area contributed by atoms with E-state index in [9.17, 15) is 9.59 Å². The third-order valence-corrected chi connectivity index (χ3v) is 4.92. The van der Waals surface area contributed by atoms with E-state index in [1.807, 2.05) is 56.3 Å². The minimum atomic E-state index is -0.372. The van der Waals surface area contributed by atoms with Crippen molar-refractivity contribution in [2.24, 2.45) is 5.92 Å². The average molecular weight is 396 g/mol. The summed E-state index contributed by atoms with van der Waals surface area (Å²) >= 11 is 0. The molecule has 1 atom stereocenters. The van der Waals surface area contributed by atoms with Gasteiger partial charge in [0.1, 0.15) is 5.75 Å². The van der Waals surface area contributed by atoms with Crippen LogP contribution in [-0.2, 0) is 16.1 Å². The lowest BCUT2D eigenvalue weighted by Gasteiger charge is -2.18. The van der Waals surface area contributed by atoms with Crippen molar-refractivity contribution in [3.63, 3.8) is 0 Å². The van der Waals surface area contributed by atoms with Crippen LogP contribution in [0.25, 0.3) is 0 Å². The number of amides is 2. The molecule has 7 nitrogen and oxygen atoms in total. The van der Waals surface area contributed by atoms with Gasteiger partial charge in [0.25, 0.3) is 0 Å². The molecule has 7 heteroatoms. The van der Waals surface area contributed by atoms with Gasteiger partial charge in [0, 0.05) is 25.2 Å². The van der Waals surface area contributed by atoms with Crippen LogP contribution in [0.1, 0.15) is 25.8 Å². The lowest BCUT2D eigenvalue weighted by molar-refractivity contribution is -0.126. The summed E-state index contributed by atoms with van der Waals surface area (Å²) in [4.78, 5) is 26.7. The summed E-state index contributed by atoms with van der Waals surface area (Å²) in [6.07, 6.45) is 0.295. The normalized spacial score (nSPS) is 17.7. The highest BCUT2D eigenvalue weighted by molar-refractivity contribution is 6.00. The number of hydrogen-bond acceptors (Lipinski definition) is 5. The lowest BCUT2D eigenvalue weighted by Crippen LogP contribution is -2.32. The van der Waals surface area contributed by atoms with Gasteiger partial charge in [-0.05, 0) is 55.8 Å². The zero-order chi connectivity index (χ0) is 20.4. The Kier molecular flexibility index (Phi) is 5.29. The van der Waals surface area contributed by atoms with E-state index in [1.54, 1.807) is 4.90 Å². The van der Waals surface area contributed by atoms with Crippen molar-refractivity contribution >= 4 is 17.5 Å². The van der Waals surface area contributed by atoms with Crippen LogP contribution in [0.4, 0.5) is 5.69 Å². The first-order chi connectivity index (χ1) is 14.0. The first-order valence-corrected chi connectivity index (χ1v) is 9.73. The molecule has 1 N–H and O–H groups in total. The van der Waals surface area contributed by atoms with E-state index in [4.69, 9.17) is 14.2 Å². The van der Waals surface area contributed by atoms with Crippen molar-refractivity contribution in [3.8, 4) is 17.2 Å². The minimum Gasteiger partial charge on any atom is -0.491 e. The molecule has 2 aromatic carbocycles. The van der Waals surface area contributed by atoms with Gasteiger partial charge in [-0.3, -0.25) is 9.59 Å². The van der Waals surface area contributed by atoms with Crippen molar-refractivity contribution in [1.82, 2.24) is 5.32 Å². The molecule has 29 heavy (non-hydrogen) atoms. The number of benzene rings is 2. The molecule has 2 aliphatic heterocycles. The van der Waals surface area contributed by atoms with E-state index in [2.05, 4.69) is 5.32 Å². The first-order valence-electron chi connectivity index (χ1n) is 9.73. The second kappa shape index (κ2) is 8.03. The quantitative estimate of drug-likeness (QED) is 0.813. The molecular formula is C22H24N2O5. The molecule has 1 saturated heterocycles. The predicted molar refractivity (Wildman–Crippen MR) is 107 cm³/mol. The zero-order valence-electron chi connectivity index (χ0n) is 16.5. The highest BCUT2D eigenvalue weighted by Crippen LogP contribution is 2.32. The van der Waals surface area contributed by atoms with Crippen molar-refractivity contribution in [3.05, 3.63) is 48.0 Å². The summed E-state index contributed by atoms with van der Waals surface area (Å²) in [5.74, 6) is 1.60. The van der Waals surface area contributed by atoms with Crippen molar-refractivity contribution in [2.75, 3.05) is 18.2 Å². The Morgan fingerprint density at radius 2 is 1.93 bits per heavy atom. The summed E-state index contributed by atoms with van der Waals surface area (Å²) in [7, 11) is 0. The van der Waals surface area contributed by atoms with Crippen LogP contribution < -0.4 is 24.4 Å². The van der Waals surface area contributed by atoms with Crippen LogP contribution in [-0.4, -0.2) is 31.3 Å². The molecule has 2 heterocycles. The molecule has 1 fully saturated rings. The third-order valence-electron chi connectivity index (χ3n) is 4.92. The smallest absolute Gasteiger partial charge is 0.231 e. The largest absolute Gasteiger partial charge is 0.491 e. The standard InChI is InChI=1S/C22H24N2O5/c1-14(2)29-18-6-4-17(5-7-18)24-12-16(10-21(24)25)22(26)23-11-15-3-8-19-20(9-15)28-13-27-19/h3-9,14,16H,10-13H2,1-2H3,(H,23,26)/t16-/m0/s1. The summed E-state index contributed by atoms with van der Waals surface area (Å²) in [6.45, 7) is 4.89. The molecule has 2 aromatic rings. The third kappa shape index (κ3) is 4.29. The summed E-state index contributed by atoms with van der Waals surface area (Å²) in [5, 5.41) is 2.92. The molecule has 0 spiro atoms. The number of fused-ring (bicyclic) bond motifs is 1. The number of ether oxygens (including phenoxy) is 3. The second-order valence-corrected chi connectivity index (χ2v) is 7.47. The summed E-state index contributed by atoms with van der Waals surface area (Å²) in [5.41, 5.74) is 1.70. The summed E-state index contributed by atoms with van der Waals surface area (Å²) < 4.78 is 16.3. The Morgan fingerprint density at radius 1 is 1.17 bits per heavy atom. The summed E-state index contributed by atoms with van der Waals surface area (Å²) in [6, 6.07) is 13.0. The van der Waals surface area contributed by atoms with Gasteiger partial charge in [-0.1, -0.05) is 6.07 Å². The van der Waals surface area contributed by atoms with E-state index in [1.165, 1.54) is 0 Å². The molecule has 0 aliphatic carbocycles. The molecule has 0 saturated carbocycles. The minimum absolute atomic E-state index is 0.0502. The first kappa shape index (κ1) is 19.1. The number of anilines is 1. The highest BCUT2D eigenvalue weighted by atomic mass is 16.7. The van der Waals surface area contributed by atoms with Crippen LogP contribution in [0.2, 0.25) is 0 Å². The van der Waals surface area contributed by atoms with Crippen molar-refractivity contribution in [1.29, 1.82) is 0 Å². The number of carbonyl (C=O) groups excluding carboxylic acids is 2. The molecule has 2 amide bonds. The fourth-order valence-corrected chi connectivity index (χ4v) is 3.49. The maximum Gasteiger partial charge on any atom is 0.231 e. The van der Waals surface area contributed by atoms with Crippen LogP contribution in [0, 0.1) is 5.92 Å². The van der Waals surface area contributed by atoms with Crippen LogP contribution in [0.15, 0.2) is 42.5 Å². The average Bonchev–Trinajstić information content (AvgIpc) is 3.32. The van der Waals surface area contributed by atoms with E-state index >= 15 is 0 Å². The van der Waals surface area contributed by atoms with Crippen LogP contribution >= 0.6 is 0 Å². The maximum absolute atomic E-state index is 12.6. The molecule has 0 radical (unpaired) electrons. The Bertz CT molecular complexity index is 910. The number of carbonyl (C=O) groups is 2. The highest BCUT2D eigenvalue weighted by Gasteiger charge is 2.35. The number of rotatable bonds is 6. The second-order valence-electron chi connectivity index (χ2n) is 7.47. The fraction of sp³-hybridized carbons (Fsp3) is 0.364. The number of hydrogen-bond donors (Lipinski definition) is 1. The van der Waals surface area contributed by atoms with Crippen LogP contribution in [0.5, 0.6) is 17.2 Å². The molecule has 0 unspecified atom stereocenters. The Hall–Kier alpha value is -3.22. The molecule has 0 bridgehead atoms. The molecular weight excluding hydrogens is 372 g/mol. The van der Waals surface area contributed by atoms with Gasteiger partial charge in [0.05, 0.1) is 12.0 Å². The van der Waals surface area contributed by atoms with E-state index in [-0.39, 0.29) is 37.0 Å². The molecule has 152 valence electrons. The van der Waals surface area contributed by atoms with Crippen molar-refractivity contribution < 1.29 is 23.8 Å². The maximum atomic E-state index is 12.6. The molecule has 0 aromatic heterocycles. The van der Waals surface area contributed by atoms with Crippen LogP contribution in [0.3, 0.4) is 0 Å². The molecule has 2 aliphatic rings. The van der Waals surface area contributed by atoms with E-state index in [0.29, 0.717) is 24.6 Å². The van der Waals surface area contributed by atoms with Gasteiger partial charge in [-0.25, -0.2) is 0 Å². The van der Waals surface area contributed by atoms with Gasteiger partial charge in [-0.2, -0.15) is 0 Å². The van der Waals surface area contributed by atoms with Crippen molar-refractivity contribution in [2.45, 2.75) is 32.9 Å². The number of nitrogens with zero attached hydrogens (tertiary/aromatic N) is 1. The van der Waals surface area contributed by atoms with Gasteiger partial charge in [0.15, 0.2) is 11.5 Å². The Labute approximate surface area is 169 Å². The van der Waals surface area contributed by atoms with E-state index in [0.717, 1.165) is 17.0 Å². The van der Waals surface area contributed by atoms with E-state index < -0.39 is 0 Å². The SMILES string of the molecule is CC(C)Oc1ccc(N2C[C@@H](C(=O)NCc3ccc4c(c3)OCO4)CC2=O)cc1. The topological polar surface area (TPSA) is 77.1 Å². The molecule has 4 rings (SSSR count).